The predicted octanol–water partition coefficient (Wildman–Crippen LogP) is 1.74. The Labute approximate surface area is 150 Å². The summed E-state index contributed by atoms with van der Waals surface area (Å²) in [7, 11) is 3.43. The highest BCUT2D eigenvalue weighted by atomic mass is 16.2. The largest absolute Gasteiger partial charge is 0.347 e. The van der Waals surface area contributed by atoms with Gasteiger partial charge in [0, 0.05) is 27.2 Å². The van der Waals surface area contributed by atoms with E-state index in [4.69, 9.17) is 0 Å². The summed E-state index contributed by atoms with van der Waals surface area (Å²) in [5, 5.41) is 7.48. The number of hydrogen-bond acceptors (Lipinski definition) is 6. The zero-order valence-corrected chi connectivity index (χ0v) is 15.4. The summed E-state index contributed by atoms with van der Waals surface area (Å²) >= 11 is 0. The maximum Gasteiger partial charge on any atom is 0.244 e. The van der Waals surface area contributed by atoms with E-state index in [1.165, 1.54) is 16.5 Å². The molecule has 3 heterocycles. The Bertz CT molecular complexity index is 1000. The van der Waals surface area contributed by atoms with Crippen LogP contribution in [0.2, 0.25) is 0 Å². The molecule has 0 spiro atoms. The number of hydrogen-bond donors (Lipinski definition) is 1. The van der Waals surface area contributed by atoms with Crippen LogP contribution in [0.15, 0.2) is 18.6 Å². The van der Waals surface area contributed by atoms with Crippen LogP contribution in [0.5, 0.6) is 0 Å². The molecule has 0 aliphatic rings. The minimum atomic E-state index is -0.156. The van der Waals surface area contributed by atoms with E-state index in [1.807, 2.05) is 19.9 Å². The van der Waals surface area contributed by atoms with E-state index < -0.39 is 0 Å². The van der Waals surface area contributed by atoms with Crippen molar-refractivity contribution in [1.82, 2.24) is 29.2 Å². The Morgan fingerprint density at radius 3 is 2.58 bits per heavy atom. The number of aromatic nitrogens is 5. The minimum Gasteiger partial charge on any atom is -0.347 e. The van der Waals surface area contributed by atoms with Crippen LogP contribution in [0.3, 0.4) is 0 Å². The SMILES string of the molecule is CC(=O)n1nc(C)c(Nc2nccc3c2ncn3CC(=O)N(C)C)c1C. The van der Waals surface area contributed by atoms with Gasteiger partial charge < -0.3 is 14.8 Å². The van der Waals surface area contributed by atoms with E-state index in [2.05, 4.69) is 20.4 Å². The summed E-state index contributed by atoms with van der Waals surface area (Å²) < 4.78 is 3.13. The van der Waals surface area contributed by atoms with Gasteiger partial charge in [0.25, 0.3) is 0 Å². The molecule has 9 nitrogen and oxygen atoms in total. The maximum absolute atomic E-state index is 12.0. The van der Waals surface area contributed by atoms with E-state index in [1.54, 1.807) is 31.2 Å². The fourth-order valence-corrected chi connectivity index (χ4v) is 2.75. The van der Waals surface area contributed by atoms with Gasteiger partial charge in [-0.15, -0.1) is 0 Å². The number of fused-ring (bicyclic) bond motifs is 1. The van der Waals surface area contributed by atoms with E-state index in [-0.39, 0.29) is 18.4 Å². The van der Waals surface area contributed by atoms with Gasteiger partial charge in [-0.05, 0) is 19.9 Å². The Kier molecular flexibility index (Phi) is 4.45. The molecule has 0 aliphatic carbocycles. The van der Waals surface area contributed by atoms with Gasteiger partial charge in [-0.1, -0.05) is 0 Å². The van der Waals surface area contributed by atoms with Crippen LogP contribution in [-0.4, -0.2) is 55.1 Å². The van der Waals surface area contributed by atoms with E-state index in [9.17, 15) is 9.59 Å². The highest BCUT2D eigenvalue weighted by molar-refractivity contribution is 5.90. The van der Waals surface area contributed by atoms with Crippen molar-refractivity contribution in [3.05, 3.63) is 30.0 Å². The Hall–Kier alpha value is -3.23. The zero-order chi connectivity index (χ0) is 19.0. The Balaban J connectivity index is 1.99. The number of carbonyl (C=O) groups is 2. The van der Waals surface area contributed by atoms with Crippen LogP contribution < -0.4 is 5.32 Å². The lowest BCUT2D eigenvalue weighted by molar-refractivity contribution is -0.129. The summed E-state index contributed by atoms with van der Waals surface area (Å²) in [5.74, 6) is 0.370. The molecular weight excluding hydrogens is 334 g/mol. The quantitative estimate of drug-likeness (QED) is 0.765. The highest BCUT2D eigenvalue weighted by Gasteiger charge is 2.17. The lowest BCUT2D eigenvalue weighted by Crippen LogP contribution is -2.25. The summed E-state index contributed by atoms with van der Waals surface area (Å²) in [6.45, 7) is 5.31. The van der Waals surface area contributed by atoms with Crippen LogP contribution in [0.25, 0.3) is 11.0 Å². The number of nitrogens with zero attached hydrogens (tertiary/aromatic N) is 6. The average molecular weight is 355 g/mol. The smallest absolute Gasteiger partial charge is 0.244 e. The van der Waals surface area contributed by atoms with Crippen LogP contribution in [0, 0.1) is 13.8 Å². The van der Waals surface area contributed by atoms with Crippen molar-refractivity contribution in [3.8, 4) is 0 Å². The van der Waals surface area contributed by atoms with Crippen molar-refractivity contribution < 1.29 is 9.59 Å². The molecule has 9 heteroatoms. The number of amides is 1. The first kappa shape index (κ1) is 17.6. The number of nitrogens with one attached hydrogen (secondary N) is 1. The van der Waals surface area contributed by atoms with Gasteiger partial charge >= 0.3 is 0 Å². The van der Waals surface area contributed by atoms with Crippen molar-refractivity contribution in [2.24, 2.45) is 0 Å². The third-order valence-corrected chi connectivity index (χ3v) is 4.18. The predicted molar refractivity (Wildman–Crippen MR) is 97.5 cm³/mol. The molecule has 26 heavy (non-hydrogen) atoms. The molecular formula is C17H21N7O2. The number of anilines is 2. The number of rotatable bonds is 4. The summed E-state index contributed by atoms with van der Waals surface area (Å²) in [5.41, 5.74) is 3.56. The van der Waals surface area contributed by atoms with Gasteiger partial charge in [0.2, 0.25) is 11.8 Å². The lowest BCUT2D eigenvalue weighted by Gasteiger charge is -2.11. The zero-order valence-electron chi connectivity index (χ0n) is 15.4. The van der Waals surface area contributed by atoms with Crippen LogP contribution in [0.1, 0.15) is 23.1 Å². The molecule has 3 aromatic heterocycles. The molecule has 3 rings (SSSR count). The molecule has 1 amide bonds. The van der Waals surface area contributed by atoms with Gasteiger partial charge in [-0.25, -0.2) is 14.6 Å². The Morgan fingerprint density at radius 2 is 1.96 bits per heavy atom. The van der Waals surface area contributed by atoms with Crippen molar-refractivity contribution >= 4 is 34.4 Å². The number of aryl methyl sites for hydroxylation is 1. The third kappa shape index (κ3) is 3.03. The lowest BCUT2D eigenvalue weighted by atomic mass is 10.3. The minimum absolute atomic E-state index is 0.0231. The number of imidazole rings is 1. The molecule has 0 atom stereocenters. The van der Waals surface area contributed by atoms with Gasteiger partial charge in [-0.3, -0.25) is 9.59 Å². The fourth-order valence-electron chi connectivity index (χ4n) is 2.75. The van der Waals surface area contributed by atoms with Crippen molar-refractivity contribution in [1.29, 1.82) is 0 Å². The number of carbonyl (C=O) groups excluding carboxylic acids is 2. The van der Waals surface area contributed by atoms with E-state index in [0.29, 0.717) is 22.7 Å². The average Bonchev–Trinajstić information content (AvgIpc) is 3.11. The summed E-state index contributed by atoms with van der Waals surface area (Å²) in [4.78, 5) is 34.0. The van der Waals surface area contributed by atoms with E-state index >= 15 is 0 Å². The topological polar surface area (TPSA) is 97.9 Å². The second kappa shape index (κ2) is 6.58. The number of pyridine rings is 1. The van der Waals surface area contributed by atoms with Crippen LogP contribution >= 0.6 is 0 Å². The highest BCUT2D eigenvalue weighted by Crippen LogP contribution is 2.27. The normalized spacial score (nSPS) is 11.0. The summed E-state index contributed by atoms with van der Waals surface area (Å²) in [6, 6.07) is 1.81. The monoisotopic (exact) mass is 355 g/mol. The Morgan fingerprint density at radius 1 is 1.23 bits per heavy atom. The molecule has 0 unspecified atom stereocenters. The molecule has 0 bridgehead atoms. The van der Waals surface area contributed by atoms with Gasteiger partial charge in [0.15, 0.2) is 5.82 Å². The first-order chi connectivity index (χ1) is 12.3. The van der Waals surface area contributed by atoms with Gasteiger partial charge in [0.1, 0.15) is 12.1 Å². The molecule has 0 fully saturated rings. The molecule has 136 valence electrons. The van der Waals surface area contributed by atoms with Crippen molar-refractivity contribution in [2.45, 2.75) is 27.3 Å². The molecule has 0 saturated heterocycles. The first-order valence-electron chi connectivity index (χ1n) is 8.13. The molecule has 0 saturated carbocycles. The van der Waals surface area contributed by atoms with Crippen molar-refractivity contribution in [2.75, 3.05) is 19.4 Å². The first-order valence-corrected chi connectivity index (χ1v) is 8.13. The molecule has 0 radical (unpaired) electrons. The summed E-state index contributed by atoms with van der Waals surface area (Å²) in [6.07, 6.45) is 3.28. The molecule has 0 aromatic carbocycles. The third-order valence-electron chi connectivity index (χ3n) is 4.18. The molecule has 3 aromatic rings. The van der Waals surface area contributed by atoms with Crippen molar-refractivity contribution in [3.63, 3.8) is 0 Å². The standard InChI is InChI=1S/C17H21N7O2/c1-10-15(11(2)24(21-10)12(3)25)20-17-16-13(6-7-18-17)23(9-19-16)8-14(26)22(4)5/h6-7,9H,8H2,1-5H3,(H,18,20). The molecule has 0 aliphatic heterocycles. The fraction of sp³-hybridized carbons (Fsp3) is 0.353. The van der Waals surface area contributed by atoms with Crippen LogP contribution in [0.4, 0.5) is 11.5 Å². The second-order valence-electron chi connectivity index (χ2n) is 6.29. The maximum atomic E-state index is 12.0. The van der Waals surface area contributed by atoms with Gasteiger partial charge in [-0.2, -0.15) is 5.10 Å². The van der Waals surface area contributed by atoms with Gasteiger partial charge in [0.05, 0.1) is 28.9 Å². The van der Waals surface area contributed by atoms with E-state index in [0.717, 1.165) is 11.2 Å². The molecule has 1 N–H and O–H groups in total. The number of likely N-dealkylation sites (N-methyl/N-ethyl adjacent to an activating group) is 1. The van der Waals surface area contributed by atoms with Crippen LogP contribution in [-0.2, 0) is 11.3 Å². The second-order valence-corrected chi connectivity index (χ2v) is 6.29.